The van der Waals surface area contributed by atoms with Crippen LogP contribution in [0.15, 0.2) is 22.7 Å². The van der Waals surface area contributed by atoms with Gasteiger partial charge in [-0.2, -0.15) is 0 Å². The molecule has 1 aliphatic heterocycles. The van der Waals surface area contributed by atoms with Gasteiger partial charge in [0.05, 0.1) is 18.8 Å². The van der Waals surface area contributed by atoms with E-state index in [9.17, 15) is 9.18 Å². The summed E-state index contributed by atoms with van der Waals surface area (Å²) in [5.41, 5.74) is 0.243. The largest absolute Gasteiger partial charge is 0.324 e. The minimum atomic E-state index is -0.416. The topological polar surface area (TPSA) is 33.5 Å². The van der Waals surface area contributed by atoms with Crippen LogP contribution in [0.4, 0.5) is 10.1 Å². The van der Waals surface area contributed by atoms with Gasteiger partial charge in [0.2, 0.25) is 0 Å². The van der Waals surface area contributed by atoms with E-state index in [1.165, 1.54) is 17.4 Å². The van der Waals surface area contributed by atoms with Gasteiger partial charge in [-0.05, 0) is 31.5 Å². The number of nitrogens with one attached hydrogen (secondary N) is 2. The van der Waals surface area contributed by atoms with Crippen molar-refractivity contribution in [3.63, 3.8) is 0 Å². The molecule has 0 aromatic heterocycles. The van der Waals surface area contributed by atoms with Gasteiger partial charge in [0.1, 0.15) is 5.82 Å². The average molecular weight is 358 g/mol. The van der Waals surface area contributed by atoms with Gasteiger partial charge < -0.3 is 10.2 Å². The zero-order valence-corrected chi connectivity index (χ0v) is 14.3. The second-order valence-electron chi connectivity index (χ2n) is 6.35. The first-order valence-electron chi connectivity index (χ1n) is 7.47. The molecule has 1 heterocycles. The Balaban J connectivity index is 2.02. The number of rotatable bonds is 3. The molecule has 0 aliphatic carbocycles. The van der Waals surface area contributed by atoms with Gasteiger partial charge in [0.15, 0.2) is 6.04 Å². The summed E-state index contributed by atoms with van der Waals surface area (Å²) in [5, 5.41) is 2.71. The third-order valence-electron chi connectivity index (χ3n) is 4.22. The van der Waals surface area contributed by atoms with E-state index < -0.39 is 5.82 Å². The van der Waals surface area contributed by atoms with E-state index in [2.05, 4.69) is 35.1 Å². The minimum Gasteiger partial charge on any atom is -0.324 e. The predicted molar refractivity (Wildman–Crippen MR) is 85.8 cm³/mol. The second kappa shape index (κ2) is 6.88. The van der Waals surface area contributed by atoms with Crippen molar-refractivity contribution in [1.29, 1.82) is 0 Å². The van der Waals surface area contributed by atoms with Crippen LogP contribution in [0.25, 0.3) is 0 Å². The lowest BCUT2D eigenvalue weighted by atomic mass is 9.91. The minimum absolute atomic E-state index is 0.118. The summed E-state index contributed by atoms with van der Waals surface area (Å²) in [6.45, 7) is 8.39. The smallest absolute Gasteiger partial charge is 0.282 e. The van der Waals surface area contributed by atoms with Crippen molar-refractivity contribution in [3.8, 4) is 0 Å². The molecule has 1 amide bonds. The lowest BCUT2D eigenvalue weighted by Gasteiger charge is -2.35. The number of hydrogen-bond donors (Lipinski definition) is 2. The first-order chi connectivity index (χ1) is 9.86. The maximum Gasteiger partial charge on any atom is 0.282 e. The number of anilines is 1. The molecule has 21 heavy (non-hydrogen) atoms. The Morgan fingerprint density at radius 3 is 2.57 bits per heavy atom. The number of quaternary nitrogens is 1. The fourth-order valence-electron chi connectivity index (χ4n) is 3.20. The highest BCUT2D eigenvalue weighted by molar-refractivity contribution is 9.10. The highest BCUT2D eigenvalue weighted by Gasteiger charge is 2.32. The van der Waals surface area contributed by atoms with E-state index in [1.807, 2.05) is 6.92 Å². The van der Waals surface area contributed by atoms with Crippen LogP contribution < -0.4 is 10.2 Å². The number of hydrogen-bond acceptors (Lipinski definition) is 1. The van der Waals surface area contributed by atoms with E-state index >= 15 is 0 Å². The zero-order valence-electron chi connectivity index (χ0n) is 12.7. The van der Waals surface area contributed by atoms with Gasteiger partial charge in [0, 0.05) is 16.3 Å². The molecule has 0 radical (unpaired) electrons. The first-order valence-corrected chi connectivity index (χ1v) is 8.26. The lowest BCUT2D eigenvalue weighted by Crippen LogP contribution is -3.18. The molecule has 0 spiro atoms. The molecule has 0 unspecified atom stereocenters. The van der Waals surface area contributed by atoms with Crippen LogP contribution in [0.3, 0.4) is 0 Å². The molecule has 3 nitrogen and oxygen atoms in total. The summed E-state index contributed by atoms with van der Waals surface area (Å²) in [7, 11) is 0. The van der Waals surface area contributed by atoms with Gasteiger partial charge >= 0.3 is 0 Å². The normalized spacial score (nSPS) is 27.2. The lowest BCUT2D eigenvalue weighted by molar-refractivity contribution is -0.925. The molecule has 1 aromatic rings. The first kappa shape index (κ1) is 16.4. The third kappa shape index (κ3) is 4.27. The van der Waals surface area contributed by atoms with Crippen LogP contribution in [0, 0.1) is 17.7 Å². The Labute approximate surface area is 134 Å². The fraction of sp³-hybridized carbons (Fsp3) is 0.562. The van der Waals surface area contributed by atoms with Gasteiger partial charge in [-0.1, -0.05) is 29.8 Å². The summed E-state index contributed by atoms with van der Waals surface area (Å²) in [4.78, 5) is 13.6. The van der Waals surface area contributed by atoms with Crippen LogP contribution >= 0.6 is 15.9 Å². The summed E-state index contributed by atoms with van der Waals surface area (Å²) >= 11 is 3.21. The molecular formula is C16H23BrFN2O+. The van der Waals surface area contributed by atoms with Crippen LogP contribution in [-0.2, 0) is 4.79 Å². The third-order valence-corrected chi connectivity index (χ3v) is 4.71. The van der Waals surface area contributed by atoms with E-state index in [-0.39, 0.29) is 17.6 Å². The number of halogens is 2. The Kier molecular flexibility index (Phi) is 5.38. The molecule has 3 atom stereocenters. The van der Waals surface area contributed by atoms with Crippen molar-refractivity contribution in [1.82, 2.24) is 0 Å². The van der Waals surface area contributed by atoms with Crippen molar-refractivity contribution < 1.29 is 14.1 Å². The highest BCUT2D eigenvalue weighted by Crippen LogP contribution is 2.19. The van der Waals surface area contributed by atoms with Crippen molar-refractivity contribution in [2.75, 3.05) is 18.4 Å². The SMILES string of the molecule is C[C@@H]1C[C@@H](C)C[NH+]([C@@H](C)C(=O)Nc2ccc(Br)cc2F)C1. The molecule has 1 aliphatic rings. The van der Waals surface area contributed by atoms with Gasteiger partial charge in [-0.25, -0.2) is 4.39 Å². The Morgan fingerprint density at radius 1 is 1.38 bits per heavy atom. The van der Waals surface area contributed by atoms with Gasteiger partial charge in [-0.15, -0.1) is 0 Å². The summed E-state index contributed by atoms with van der Waals surface area (Å²) < 4.78 is 14.5. The van der Waals surface area contributed by atoms with Gasteiger partial charge in [0.25, 0.3) is 5.91 Å². The number of carbonyl (C=O) groups is 1. The Bertz CT molecular complexity index is 513. The fourth-order valence-corrected chi connectivity index (χ4v) is 3.54. The molecule has 1 saturated heterocycles. The van der Waals surface area contributed by atoms with Crippen molar-refractivity contribution in [3.05, 3.63) is 28.5 Å². The van der Waals surface area contributed by atoms with Crippen molar-refractivity contribution >= 4 is 27.5 Å². The second-order valence-corrected chi connectivity index (χ2v) is 7.26. The van der Waals surface area contributed by atoms with Crippen LogP contribution in [-0.4, -0.2) is 25.0 Å². The molecule has 1 aromatic carbocycles. The Morgan fingerprint density at radius 2 is 2.00 bits per heavy atom. The van der Waals surface area contributed by atoms with Crippen LogP contribution in [0.2, 0.25) is 0 Å². The van der Waals surface area contributed by atoms with E-state index in [1.54, 1.807) is 12.1 Å². The summed E-state index contributed by atoms with van der Waals surface area (Å²) in [5.74, 6) is 0.722. The molecule has 0 bridgehead atoms. The maximum absolute atomic E-state index is 13.8. The maximum atomic E-state index is 13.8. The Hall–Kier alpha value is -0.940. The van der Waals surface area contributed by atoms with E-state index in [4.69, 9.17) is 0 Å². The number of likely N-dealkylation sites (tertiary alicyclic amines) is 1. The summed E-state index contributed by atoms with van der Waals surface area (Å²) in [6, 6.07) is 4.50. The molecule has 116 valence electrons. The molecule has 2 N–H and O–H groups in total. The van der Waals surface area contributed by atoms with E-state index in [0.717, 1.165) is 13.1 Å². The molecule has 5 heteroatoms. The van der Waals surface area contributed by atoms with E-state index in [0.29, 0.717) is 16.3 Å². The monoisotopic (exact) mass is 357 g/mol. The number of benzene rings is 1. The van der Waals surface area contributed by atoms with Crippen LogP contribution in [0.1, 0.15) is 27.2 Å². The average Bonchev–Trinajstić information content (AvgIpc) is 2.40. The van der Waals surface area contributed by atoms with Crippen LogP contribution in [0.5, 0.6) is 0 Å². The molecule has 2 rings (SSSR count). The number of piperidine rings is 1. The molecule has 1 fully saturated rings. The summed E-state index contributed by atoms with van der Waals surface area (Å²) in [6.07, 6.45) is 1.22. The van der Waals surface area contributed by atoms with Gasteiger partial charge in [-0.3, -0.25) is 4.79 Å². The van der Waals surface area contributed by atoms with Crippen molar-refractivity contribution in [2.45, 2.75) is 33.2 Å². The highest BCUT2D eigenvalue weighted by atomic mass is 79.9. The number of amides is 1. The predicted octanol–water partition coefficient (Wildman–Crippen LogP) is 2.48. The zero-order chi connectivity index (χ0) is 15.6. The standard InChI is InChI=1S/C16H22BrFN2O/c1-10-6-11(2)9-20(8-10)12(3)16(21)19-15-5-4-13(17)7-14(15)18/h4-5,7,10-12H,6,8-9H2,1-3H3,(H,19,21)/p+1/t10-,11-,12+/m1/s1. The molecule has 0 saturated carbocycles. The number of carbonyl (C=O) groups excluding carboxylic acids is 1. The quantitative estimate of drug-likeness (QED) is 0.855. The van der Waals surface area contributed by atoms with Crippen molar-refractivity contribution in [2.24, 2.45) is 11.8 Å². The molecular weight excluding hydrogens is 335 g/mol.